The lowest BCUT2D eigenvalue weighted by atomic mass is 9.72. The van der Waals surface area contributed by atoms with Gasteiger partial charge in [0.1, 0.15) is 11.4 Å². The smallest absolute Gasteiger partial charge is 0.416 e. The summed E-state index contributed by atoms with van der Waals surface area (Å²) in [5, 5.41) is 21.4. The molecule has 0 spiro atoms. The second-order valence-electron chi connectivity index (χ2n) is 9.09. The highest BCUT2D eigenvalue weighted by Crippen LogP contribution is 2.39. The standard InChI is InChI=1S/C21H26F3N3O3/c1-19(2,3)12-20(4,5)13-7-9-18(28)16(10-13)26-25-15-8-6-14(21(22,23)24)11-17(15)27(29)30/h6-11,25-26,28H,12H2,1-5H3. The van der Waals surface area contributed by atoms with Crippen LogP contribution < -0.4 is 10.9 Å². The normalized spacial score (nSPS) is 12.5. The number of hydrazine groups is 1. The van der Waals surface area contributed by atoms with Crippen molar-refractivity contribution in [2.24, 2.45) is 5.41 Å². The summed E-state index contributed by atoms with van der Waals surface area (Å²) in [7, 11) is 0. The Morgan fingerprint density at radius 1 is 0.933 bits per heavy atom. The van der Waals surface area contributed by atoms with Crippen LogP contribution in [-0.2, 0) is 11.6 Å². The van der Waals surface area contributed by atoms with E-state index in [1.165, 1.54) is 6.07 Å². The molecule has 2 rings (SSSR count). The summed E-state index contributed by atoms with van der Waals surface area (Å²) in [6.07, 6.45) is -3.83. The second-order valence-corrected chi connectivity index (χ2v) is 9.09. The van der Waals surface area contributed by atoms with E-state index >= 15 is 0 Å². The lowest BCUT2D eigenvalue weighted by molar-refractivity contribution is -0.384. The van der Waals surface area contributed by atoms with E-state index in [2.05, 4.69) is 45.5 Å². The van der Waals surface area contributed by atoms with E-state index in [0.29, 0.717) is 6.07 Å². The monoisotopic (exact) mass is 425 g/mol. The van der Waals surface area contributed by atoms with Gasteiger partial charge in [0.2, 0.25) is 0 Å². The van der Waals surface area contributed by atoms with Gasteiger partial charge >= 0.3 is 6.18 Å². The van der Waals surface area contributed by atoms with Crippen molar-refractivity contribution < 1.29 is 23.2 Å². The summed E-state index contributed by atoms with van der Waals surface area (Å²) in [6.45, 7) is 10.5. The minimum absolute atomic E-state index is 0.0636. The van der Waals surface area contributed by atoms with Crippen molar-refractivity contribution in [2.45, 2.75) is 52.6 Å². The molecule has 164 valence electrons. The van der Waals surface area contributed by atoms with E-state index in [9.17, 15) is 28.4 Å². The average molecular weight is 425 g/mol. The van der Waals surface area contributed by atoms with Crippen molar-refractivity contribution >= 4 is 17.1 Å². The molecular formula is C21H26F3N3O3. The molecule has 0 unspecified atom stereocenters. The molecule has 2 aromatic rings. The lowest BCUT2D eigenvalue weighted by Gasteiger charge is -2.33. The van der Waals surface area contributed by atoms with Gasteiger partial charge in [-0.2, -0.15) is 13.2 Å². The molecule has 6 nitrogen and oxygen atoms in total. The Bertz CT molecular complexity index is 935. The summed E-state index contributed by atoms with van der Waals surface area (Å²) in [6, 6.07) is 7.20. The Morgan fingerprint density at radius 2 is 1.50 bits per heavy atom. The van der Waals surface area contributed by atoms with Gasteiger partial charge in [0.15, 0.2) is 0 Å². The van der Waals surface area contributed by atoms with Crippen LogP contribution in [-0.4, -0.2) is 10.0 Å². The third kappa shape index (κ3) is 5.77. The Morgan fingerprint density at radius 3 is 2.03 bits per heavy atom. The highest BCUT2D eigenvalue weighted by atomic mass is 19.4. The number of nitrogens with zero attached hydrogens (tertiary/aromatic N) is 1. The summed E-state index contributed by atoms with van der Waals surface area (Å²) in [4.78, 5) is 10.3. The van der Waals surface area contributed by atoms with Crippen molar-refractivity contribution in [3.63, 3.8) is 0 Å². The summed E-state index contributed by atoms with van der Waals surface area (Å²) >= 11 is 0. The maximum Gasteiger partial charge on any atom is 0.416 e. The van der Waals surface area contributed by atoms with Crippen LogP contribution in [0.15, 0.2) is 36.4 Å². The molecule has 0 fully saturated rings. The number of rotatable bonds is 6. The largest absolute Gasteiger partial charge is 0.506 e. The van der Waals surface area contributed by atoms with Gasteiger partial charge in [-0.15, -0.1) is 0 Å². The fourth-order valence-corrected chi connectivity index (χ4v) is 3.58. The van der Waals surface area contributed by atoms with Crippen LogP contribution in [0, 0.1) is 15.5 Å². The Hall–Kier alpha value is -2.97. The maximum atomic E-state index is 12.8. The van der Waals surface area contributed by atoms with Crippen LogP contribution in [0.1, 0.15) is 52.2 Å². The molecule has 0 aliphatic heterocycles. The molecule has 0 bridgehead atoms. The molecule has 0 amide bonds. The van der Waals surface area contributed by atoms with E-state index in [1.54, 1.807) is 12.1 Å². The zero-order chi connectivity index (χ0) is 22.9. The molecule has 0 atom stereocenters. The Labute approximate surface area is 173 Å². The fraction of sp³-hybridized carbons (Fsp3) is 0.429. The molecule has 0 saturated carbocycles. The predicted molar refractivity (Wildman–Crippen MR) is 111 cm³/mol. The molecule has 30 heavy (non-hydrogen) atoms. The first kappa shape index (κ1) is 23.3. The molecule has 0 radical (unpaired) electrons. The van der Waals surface area contributed by atoms with Gasteiger partial charge in [0.25, 0.3) is 5.69 Å². The molecule has 2 aromatic carbocycles. The minimum atomic E-state index is -4.69. The van der Waals surface area contributed by atoms with E-state index in [4.69, 9.17) is 0 Å². The van der Waals surface area contributed by atoms with Crippen molar-refractivity contribution in [1.82, 2.24) is 0 Å². The van der Waals surface area contributed by atoms with Crippen molar-refractivity contribution in [3.8, 4) is 5.75 Å². The highest BCUT2D eigenvalue weighted by Gasteiger charge is 2.33. The number of aromatic hydroxyl groups is 1. The number of halogens is 3. The van der Waals surface area contributed by atoms with E-state index in [-0.39, 0.29) is 28.0 Å². The van der Waals surface area contributed by atoms with Crippen molar-refractivity contribution in [2.75, 3.05) is 10.9 Å². The highest BCUT2D eigenvalue weighted by molar-refractivity contribution is 5.68. The average Bonchev–Trinajstić information content (AvgIpc) is 2.57. The Kier molecular flexibility index (Phi) is 6.25. The van der Waals surface area contributed by atoms with Crippen molar-refractivity contribution in [3.05, 3.63) is 57.6 Å². The van der Waals surface area contributed by atoms with Gasteiger partial charge in [0.05, 0.1) is 16.2 Å². The summed E-state index contributed by atoms with van der Waals surface area (Å²) in [5.41, 5.74) is 4.23. The molecule has 0 aliphatic carbocycles. The first-order valence-corrected chi connectivity index (χ1v) is 9.31. The molecule has 0 aromatic heterocycles. The van der Waals surface area contributed by atoms with Crippen LogP contribution >= 0.6 is 0 Å². The quantitative estimate of drug-likeness (QED) is 0.280. The fourth-order valence-electron chi connectivity index (χ4n) is 3.58. The number of nitro benzene ring substituents is 1. The first-order valence-electron chi connectivity index (χ1n) is 9.31. The molecule has 3 N–H and O–H groups in total. The number of anilines is 2. The van der Waals surface area contributed by atoms with Gasteiger partial charge in [-0.3, -0.25) is 21.0 Å². The number of nitrogens with one attached hydrogen (secondary N) is 2. The van der Waals surface area contributed by atoms with E-state index in [1.807, 2.05) is 0 Å². The predicted octanol–water partition coefficient (Wildman–Crippen LogP) is 6.47. The van der Waals surface area contributed by atoms with E-state index < -0.39 is 22.4 Å². The van der Waals surface area contributed by atoms with Crippen LogP contribution in [0.3, 0.4) is 0 Å². The molecule has 0 saturated heterocycles. The molecule has 9 heteroatoms. The van der Waals surface area contributed by atoms with Gasteiger partial charge in [-0.05, 0) is 47.1 Å². The van der Waals surface area contributed by atoms with Gasteiger partial charge < -0.3 is 5.11 Å². The van der Waals surface area contributed by atoms with E-state index in [0.717, 1.165) is 24.1 Å². The number of alkyl halides is 3. The summed E-state index contributed by atoms with van der Waals surface area (Å²) < 4.78 is 38.5. The number of hydrogen-bond acceptors (Lipinski definition) is 5. The zero-order valence-electron chi connectivity index (χ0n) is 17.5. The number of hydrogen-bond donors (Lipinski definition) is 3. The zero-order valence-corrected chi connectivity index (χ0v) is 17.5. The second kappa shape index (κ2) is 8.04. The van der Waals surface area contributed by atoms with Crippen LogP contribution in [0.2, 0.25) is 0 Å². The van der Waals surface area contributed by atoms with Crippen LogP contribution in [0.25, 0.3) is 0 Å². The molecular weight excluding hydrogens is 399 g/mol. The maximum absolute atomic E-state index is 12.8. The van der Waals surface area contributed by atoms with Gasteiger partial charge in [-0.25, -0.2) is 0 Å². The number of benzene rings is 2. The number of nitro groups is 1. The number of phenolic OH excluding ortho intramolecular Hbond substituents is 1. The first-order chi connectivity index (χ1) is 13.6. The van der Waals surface area contributed by atoms with Gasteiger partial charge in [-0.1, -0.05) is 40.7 Å². The topological polar surface area (TPSA) is 87.4 Å². The van der Waals surface area contributed by atoms with Crippen LogP contribution in [0.4, 0.5) is 30.2 Å². The van der Waals surface area contributed by atoms with Gasteiger partial charge in [0, 0.05) is 6.07 Å². The SMILES string of the molecule is CC(C)(C)CC(C)(C)c1ccc(O)c(NNc2ccc(C(F)(F)F)cc2[N+](=O)[O-])c1. The lowest BCUT2D eigenvalue weighted by Crippen LogP contribution is -2.25. The summed E-state index contributed by atoms with van der Waals surface area (Å²) in [5.74, 6) is -0.104. The third-order valence-electron chi connectivity index (χ3n) is 4.60. The van der Waals surface area contributed by atoms with Crippen molar-refractivity contribution in [1.29, 1.82) is 0 Å². The number of phenols is 1. The third-order valence-corrected chi connectivity index (χ3v) is 4.60. The van der Waals surface area contributed by atoms with Crippen LogP contribution in [0.5, 0.6) is 5.75 Å². The minimum Gasteiger partial charge on any atom is -0.506 e. The molecule has 0 heterocycles. The molecule has 0 aliphatic rings. The Balaban J connectivity index is 2.31.